The van der Waals surface area contributed by atoms with Crippen LogP contribution in [0, 0.1) is 6.92 Å². The molecule has 0 atom stereocenters. The summed E-state index contributed by atoms with van der Waals surface area (Å²) in [5.74, 6) is -0.149. The van der Waals surface area contributed by atoms with E-state index in [1.54, 1.807) is 30.0 Å². The third-order valence-corrected chi connectivity index (χ3v) is 7.73. The maximum atomic E-state index is 13.1. The van der Waals surface area contributed by atoms with Gasteiger partial charge < -0.3 is 9.32 Å². The van der Waals surface area contributed by atoms with Crippen molar-refractivity contribution >= 4 is 39.1 Å². The molecule has 2 aromatic rings. The van der Waals surface area contributed by atoms with Crippen LogP contribution in [0.1, 0.15) is 48.6 Å². The molecule has 0 bridgehead atoms. The van der Waals surface area contributed by atoms with Gasteiger partial charge in [-0.25, -0.2) is 8.42 Å². The summed E-state index contributed by atoms with van der Waals surface area (Å²) >= 11 is 12.1. The lowest BCUT2D eigenvalue weighted by Gasteiger charge is -2.26. The average molecular weight is 459 g/mol. The van der Waals surface area contributed by atoms with Gasteiger partial charge in [0.1, 0.15) is 10.7 Å². The van der Waals surface area contributed by atoms with Gasteiger partial charge in [0.05, 0.1) is 10.0 Å². The molecule has 1 fully saturated rings. The van der Waals surface area contributed by atoms with Crippen LogP contribution in [0.5, 0.6) is 0 Å². The summed E-state index contributed by atoms with van der Waals surface area (Å²) in [5, 5.41) is 0.851. The monoisotopic (exact) mass is 458 g/mol. The fraction of sp³-hybridized carbons (Fsp3) is 0.450. The third kappa shape index (κ3) is 4.63. The summed E-state index contributed by atoms with van der Waals surface area (Å²) in [7, 11) is -3.66. The molecule has 9 heteroatoms. The Morgan fingerprint density at radius 1 is 1.17 bits per heavy atom. The summed E-state index contributed by atoms with van der Waals surface area (Å²) in [5.41, 5.74) is 0.814. The number of nitrogens with zero attached hydrogens (tertiary/aromatic N) is 2. The van der Waals surface area contributed by atoms with Crippen LogP contribution in [0.25, 0.3) is 0 Å². The van der Waals surface area contributed by atoms with Crippen molar-refractivity contribution < 1.29 is 17.6 Å². The van der Waals surface area contributed by atoms with E-state index < -0.39 is 10.0 Å². The van der Waals surface area contributed by atoms with E-state index in [-0.39, 0.29) is 28.4 Å². The van der Waals surface area contributed by atoms with Crippen LogP contribution in [0.2, 0.25) is 10.0 Å². The number of aryl methyl sites for hydroxylation is 1. The molecule has 0 N–H and O–H groups in total. The molecule has 3 rings (SSSR count). The van der Waals surface area contributed by atoms with Crippen molar-refractivity contribution in [2.24, 2.45) is 0 Å². The molecule has 1 saturated heterocycles. The fourth-order valence-corrected chi connectivity index (χ4v) is 5.36. The second-order valence-electron chi connectivity index (χ2n) is 7.42. The number of hydrogen-bond acceptors (Lipinski definition) is 4. The molecule has 0 saturated carbocycles. The normalized spacial score (nSPS) is 15.2. The number of amides is 1. The number of sulfonamides is 1. The molecule has 0 aliphatic carbocycles. The van der Waals surface area contributed by atoms with Gasteiger partial charge in [0, 0.05) is 31.7 Å². The molecule has 1 aliphatic heterocycles. The fourth-order valence-electron chi connectivity index (χ4n) is 3.36. The topological polar surface area (TPSA) is 70.8 Å². The smallest absolute Gasteiger partial charge is 0.290 e. The molecule has 2 heterocycles. The zero-order valence-corrected chi connectivity index (χ0v) is 18.9. The van der Waals surface area contributed by atoms with Gasteiger partial charge in [-0.3, -0.25) is 4.79 Å². The van der Waals surface area contributed by atoms with Gasteiger partial charge in [0.15, 0.2) is 5.76 Å². The van der Waals surface area contributed by atoms with Gasteiger partial charge in [-0.1, -0.05) is 29.3 Å². The predicted molar refractivity (Wildman–Crippen MR) is 113 cm³/mol. The maximum Gasteiger partial charge on any atom is 0.290 e. The predicted octanol–water partition coefficient (Wildman–Crippen LogP) is 4.73. The van der Waals surface area contributed by atoms with Crippen molar-refractivity contribution in [2.75, 3.05) is 13.1 Å². The number of carbonyl (C=O) groups is 1. The minimum Gasteiger partial charge on any atom is -0.455 e. The second kappa shape index (κ2) is 8.68. The highest BCUT2D eigenvalue weighted by molar-refractivity contribution is 7.89. The van der Waals surface area contributed by atoms with Crippen molar-refractivity contribution in [3.63, 3.8) is 0 Å². The standard InChI is InChI=1S/C20H24Cl2N2O4S/c1-13(2)24(12-15-6-7-16(21)17(22)10-15)20(25)18-11-19(14(3)28-18)29(26,27)23-8-4-5-9-23/h6-7,10-11,13H,4-5,8-9,12H2,1-3H3. The largest absolute Gasteiger partial charge is 0.455 e. The van der Waals surface area contributed by atoms with Gasteiger partial charge >= 0.3 is 0 Å². The summed E-state index contributed by atoms with van der Waals surface area (Å²) in [6.45, 7) is 6.61. The van der Waals surface area contributed by atoms with Crippen molar-refractivity contribution in [1.29, 1.82) is 0 Å². The van der Waals surface area contributed by atoms with E-state index in [4.69, 9.17) is 27.6 Å². The molecule has 1 aromatic carbocycles. The quantitative estimate of drug-likeness (QED) is 0.626. The van der Waals surface area contributed by atoms with E-state index in [9.17, 15) is 13.2 Å². The Kier molecular flexibility index (Phi) is 6.63. The lowest BCUT2D eigenvalue weighted by molar-refractivity contribution is 0.0656. The van der Waals surface area contributed by atoms with Gasteiger partial charge in [0.25, 0.3) is 5.91 Å². The number of hydrogen-bond donors (Lipinski definition) is 0. The lowest BCUT2D eigenvalue weighted by Crippen LogP contribution is -2.36. The zero-order chi connectivity index (χ0) is 21.3. The molecule has 29 heavy (non-hydrogen) atoms. The van der Waals surface area contributed by atoms with E-state index in [2.05, 4.69) is 0 Å². The summed E-state index contributed by atoms with van der Waals surface area (Å²) in [6.07, 6.45) is 1.68. The minimum atomic E-state index is -3.66. The Balaban J connectivity index is 1.88. The van der Waals surface area contributed by atoms with Crippen LogP contribution in [-0.2, 0) is 16.6 Å². The number of halogens is 2. The molecule has 1 amide bonds. The first-order valence-corrected chi connectivity index (χ1v) is 11.7. The zero-order valence-electron chi connectivity index (χ0n) is 16.6. The Morgan fingerprint density at radius 3 is 2.41 bits per heavy atom. The molecule has 0 spiro atoms. The molecular weight excluding hydrogens is 435 g/mol. The highest BCUT2D eigenvalue weighted by Gasteiger charge is 2.33. The van der Waals surface area contributed by atoms with Gasteiger partial charge in [-0.2, -0.15) is 4.31 Å². The van der Waals surface area contributed by atoms with Crippen LogP contribution < -0.4 is 0 Å². The molecule has 1 aromatic heterocycles. The van der Waals surface area contributed by atoms with Crippen molar-refractivity contribution in [3.8, 4) is 0 Å². The van der Waals surface area contributed by atoms with Crippen LogP contribution in [-0.4, -0.2) is 42.7 Å². The average Bonchev–Trinajstić information content (AvgIpc) is 3.32. The van der Waals surface area contributed by atoms with E-state index >= 15 is 0 Å². The van der Waals surface area contributed by atoms with E-state index in [0.717, 1.165) is 18.4 Å². The summed E-state index contributed by atoms with van der Waals surface area (Å²) in [6, 6.07) is 6.40. The van der Waals surface area contributed by atoms with E-state index in [1.165, 1.54) is 10.4 Å². The second-order valence-corrected chi connectivity index (χ2v) is 10.1. The number of benzene rings is 1. The highest BCUT2D eigenvalue weighted by atomic mass is 35.5. The Bertz CT molecular complexity index is 1010. The van der Waals surface area contributed by atoms with Crippen LogP contribution in [0.15, 0.2) is 33.6 Å². The van der Waals surface area contributed by atoms with Gasteiger partial charge in [-0.15, -0.1) is 0 Å². The highest BCUT2D eigenvalue weighted by Crippen LogP contribution is 2.28. The van der Waals surface area contributed by atoms with Crippen LogP contribution in [0.4, 0.5) is 0 Å². The van der Waals surface area contributed by atoms with Crippen LogP contribution >= 0.6 is 23.2 Å². The lowest BCUT2D eigenvalue weighted by atomic mass is 10.1. The summed E-state index contributed by atoms with van der Waals surface area (Å²) < 4.78 is 32.8. The van der Waals surface area contributed by atoms with Crippen molar-refractivity contribution in [1.82, 2.24) is 9.21 Å². The van der Waals surface area contributed by atoms with Crippen LogP contribution in [0.3, 0.4) is 0 Å². The molecule has 158 valence electrons. The van der Waals surface area contributed by atoms with E-state index in [0.29, 0.717) is 29.7 Å². The third-order valence-electron chi connectivity index (χ3n) is 4.99. The Hall–Kier alpha value is -1.54. The molecule has 1 aliphatic rings. The SMILES string of the molecule is Cc1oc(C(=O)N(Cc2ccc(Cl)c(Cl)c2)C(C)C)cc1S(=O)(=O)N1CCCC1. The maximum absolute atomic E-state index is 13.1. The van der Waals surface area contributed by atoms with E-state index in [1.807, 2.05) is 13.8 Å². The minimum absolute atomic E-state index is 0.00836. The van der Waals surface area contributed by atoms with Crippen molar-refractivity contribution in [2.45, 2.75) is 51.1 Å². The van der Waals surface area contributed by atoms with Gasteiger partial charge in [-0.05, 0) is 51.3 Å². The Morgan fingerprint density at radius 2 is 1.83 bits per heavy atom. The Labute approximate surface area is 181 Å². The summed E-state index contributed by atoms with van der Waals surface area (Å²) in [4.78, 5) is 14.8. The number of carbonyl (C=O) groups excluding carboxylic acids is 1. The molecular formula is C20H24Cl2N2O4S. The molecule has 0 unspecified atom stereocenters. The number of rotatable bonds is 6. The number of furan rings is 1. The molecule has 0 radical (unpaired) electrons. The first kappa shape index (κ1) is 22.2. The van der Waals surface area contributed by atoms with Gasteiger partial charge in [0.2, 0.25) is 10.0 Å². The first-order chi connectivity index (χ1) is 13.6. The first-order valence-electron chi connectivity index (χ1n) is 9.46. The van der Waals surface area contributed by atoms with Crippen molar-refractivity contribution in [3.05, 3.63) is 51.4 Å². The molecule has 6 nitrogen and oxygen atoms in total.